The van der Waals surface area contributed by atoms with Crippen molar-refractivity contribution in [3.8, 4) is 5.75 Å². The molecule has 0 amide bonds. The molecule has 1 aromatic rings. The van der Waals surface area contributed by atoms with Gasteiger partial charge in [0, 0.05) is 4.83 Å². The van der Waals surface area contributed by atoms with Crippen molar-refractivity contribution < 1.29 is 4.74 Å². The summed E-state index contributed by atoms with van der Waals surface area (Å²) in [5.74, 6) is 2.03. The predicted molar refractivity (Wildman–Crippen MR) is 78.5 cm³/mol. The second-order valence-electron chi connectivity index (χ2n) is 5.67. The zero-order valence-electron chi connectivity index (χ0n) is 10.8. The molecule has 0 aromatic heterocycles. The third-order valence-electron chi connectivity index (χ3n) is 4.31. The van der Waals surface area contributed by atoms with Gasteiger partial charge in [-0.2, -0.15) is 0 Å². The van der Waals surface area contributed by atoms with E-state index in [0.717, 1.165) is 24.7 Å². The van der Waals surface area contributed by atoms with Crippen LogP contribution in [0.3, 0.4) is 0 Å². The second-order valence-corrected chi connectivity index (χ2v) is 6.78. The van der Waals surface area contributed by atoms with Crippen LogP contribution in [-0.2, 0) is 6.42 Å². The standard InChI is InChI=1S/C16H21BrO/c17-15(10-12-4-1-2-5-12)13-7-8-16-14(11-13)6-3-9-18-16/h7-8,11-12,15H,1-6,9-10H2. The summed E-state index contributed by atoms with van der Waals surface area (Å²) in [6.45, 7) is 0.881. The van der Waals surface area contributed by atoms with Crippen LogP contribution in [0.15, 0.2) is 18.2 Å². The molecule has 1 aliphatic heterocycles. The average Bonchev–Trinajstić information content (AvgIpc) is 2.91. The fraction of sp³-hybridized carbons (Fsp3) is 0.625. The first kappa shape index (κ1) is 12.5. The SMILES string of the molecule is BrC(CC1CCCC1)c1ccc2c(c1)CCCO2. The van der Waals surface area contributed by atoms with E-state index in [0.29, 0.717) is 4.83 Å². The number of fused-ring (bicyclic) bond motifs is 1. The summed E-state index contributed by atoms with van der Waals surface area (Å²) < 4.78 is 5.68. The van der Waals surface area contributed by atoms with Crippen LogP contribution >= 0.6 is 15.9 Å². The van der Waals surface area contributed by atoms with E-state index in [2.05, 4.69) is 34.1 Å². The Hall–Kier alpha value is -0.500. The molecule has 0 bridgehead atoms. The largest absolute Gasteiger partial charge is 0.493 e. The van der Waals surface area contributed by atoms with Gasteiger partial charge in [0.15, 0.2) is 0 Å². The summed E-state index contributed by atoms with van der Waals surface area (Å²) in [6.07, 6.45) is 9.34. The number of aryl methyl sites for hydroxylation is 1. The number of hydrogen-bond acceptors (Lipinski definition) is 1. The molecule has 1 aliphatic carbocycles. The summed E-state index contributed by atoms with van der Waals surface area (Å²) >= 11 is 3.88. The zero-order chi connectivity index (χ0) is 12.4. The van der Waals surface area contributed by atoms with Crippen molar-refractivity contribution >= 4 is 15.9 Å². The van der Waals surface area contributed by atoms with Crippen LogP contribution in [0.25, 0.3) is 0 Å². The van der Waals surface area contributed by atoms with E-state index in [4.69, 9.17) is 4.74 Å². The maximum Gasteiger partial charge on any atom is 0.122 e. The maximum absolute atomic E-state index is 5.68. The Morgan fingerprint density at radius 2 is 2.06 bits per heavy atom. The third kappa shape index (κ3) is 2.74. The van der Waals surface area contributed by atoms with Gasteiger partial charge in [-0.3, -0.25) is 0 Å². The van der Waals surface area contributed by atoms with Crippen LogP contribution in [0.5, 0.6) is 5.75 Å². The summed E-state index contributed by atoms with van der Waals surface area (Å²) in [5.41, 5.74) is 2.83. The molecule has 1 saturated carbocycles. The molecule has 0 radical (unpaired) electrons. The van der Waals surface area contributed by atoms with Gasteiger partial charge >= 0.3 is 0 Å². The molecule has 1 heterocycles. The summed E-state index contributed by atoms with van der Waals surface area (Å²) in [7, 11) is 0. The van der Waals surface area contributed by atoms with Crippen molar-refractivity contribution in [1.29, 1.82) is 0 Å². The lowest BCUT2D eigenvalue weighted by molar-refractivity contribution is 0.288. The van der Waals surface area contributed by atoms with E-state index >= 15 is 0 Å². The molecule has 0 saturated heterocycles. The Balaban J connectivity index is 1.70. The molecular weight excluding hydrogens is 288 g/mol. The molecule has 3 rings (SSSR count). The first-order valence-electron chi connectivity index (χ1n) is 7.22. The molecular formula is C16H21BrO. The lowest BCUT2D eigenvalue weighted by Crippen LogP contribution is -2.09. The fourth-order valence-corrected chi connectivity index (χ4v) is 4.06. The molecule has 18 heavy (non-hydrogen) atoms. The first-order valence-corrected chi connectivity index (χ1v) is 8.14. The van der Waals surface area contributed by atoms with E-state index in [1.54, 1.807) is 0 Å². The van der Waals surface area contributed by atoms with Gasteiger partial charge in [0.2, 0.25) is 0 Å². The second kappa shape index (κ2) is 5.64. The van der Waals surface area contributed by atoms with Crippen molar-refractivity contribution in [2.45, 2.75) is 49.8 Å². The van der Waals surface area contributed by atoms with Crippen molar-refractivity contribution in [2.24, 2.45) is 5.92 Å². The summed E-state index contributed by atoms with van der Waals surface area (Å²) in [4.78, 5) is 0.521. The highest BCUT2D eigenvalue weighted by atomic mass is 79.9. The van der Waals surface area contributed by atoms with Crippen LogP contribution in [0.2, 0.25) is 0 Å². The molecule has 1 aromatic carbocycles. The predicted octanol–water partition coefficient (Wildman–Crippen LogP) is 5.03. The van der Waals surface area contributed by atoms with Crippen LogP contribution in [0, 0.1) is 5.92 Å². The summed E-state index contributed by atoms with van der Waals surface area (Å²) in [5, 5.41) is 0. The Bertz CT molecular complexity index is 410. The van der Waals surface area contributed by atoms with Gasteiger partial charge in [0.25, 0.3) is 0 Å². The fourth-order valence-electron chi connectivity index (χ4n) is 3.25. The zero-order valence-corrected chi connectivity index (χ0v) is 12.4. The number of halogens is 1. The van der Waals surface area contributed by atoms with Crippen LogP contribution in [0.4, 0.5) is 0 Å². The van der Waals surface area contributed by atoms with Gasteiger partial charge in [-0.25, -0.2) is 0 Å². The maximum atomic E-state index is 5.68. The Kier molecular flexibility index (Phi) is 3.93. The highest BCUT2D eigenvalue weighted by molar-refractivity contribution is 9.09. The molecule has 0 spiro atoms. The normalized spacial score (nSPS) is 21.4. The molecule has 2 heteroatoms. The molecule has 2 aliphatic rings. The van der Waals surface area contributed by atoms with Crippen molar-refractivity contribution in [3.05, 3.63) is 29.3 Å². The highest BCUT2D eigenvalue weighted by Crippen LogP contribution is 2.38. The molecule has 1 atom stereocenters. The van der Waals surface area contributed by atoms with Crippen LogP contribution in [0.1, 0.15) is 54.5 Å². The Morgan fingerprint density at radius 1 is 1.22 bits per heavy atom. The lowest BCUT2D eigenvalue weighted by Gasteiger charge is -2.20. The lowest BCUT2D eigenvalue weighted by atomic mass is 9.95. The van der Waals surface area contributed by atoms with Crippen molar-refractivity contribution in [1.82, 2.24) is 0 Å². The minimum absolute atomic E-state index is 0.521. The molecule has 1 unspecified atom stereocenters. The monoisotopic (exact) mass is 308 g/mol. The van der Waals surface area contributed by atoms with E-state index < -0.39 is 0 Å². The number of ether oxygens (including phenoxy) is 1. The van der Waals surface area contributed by atoms with Crippen molar-refractivity contribution in [2.75, 3.05) is 6.61 Å². The number of hydrogen-bond donors (Lipinski definition) is 0. The Morgan fingerprint density at radius 3 is 2.89 bits per heavy atom. The van der Waals surface area contributed by atoms with Gasteiger partial charge in [-0.1, -0.05) is 53.7 Å². The molecule has 0 N–H and O–H groups in total. The highest BCUT2D eigenvalue weighted by Gasteiger charge is 2.20. The van der Waals surface area contributed by atoms with Crippen molar-refractivity contribution in [3.63, 3.8) is 0 Å². The average molecular weight is 309 g/mol. The minimum Gasteiger partial charge on any atom is -0.493 e. The molecule has 1 fully saturated rings. The number of benzene rings is 1. The van der Waals surface area contributed by atoms with Crippen LogP contribution in [-0.4, -0.2) is 6.61 Å². The quantitative estimate of drug-likeness (QED) is 0.712. The molecule has 98 valence electrons. The van der Waals surface area contributed by atoms with E-state index in [9.17, 15) is 0 Å². The van der Waals surface area contributed by atoms with E-state index in [1.165, 1.54) is 49.7 Å². The topological polar surface area (TPSA) is 9.23 Å². The first-order chi connectivity index (χ1) is 8.83. The Labute approximate surface area is 118 Å². The third-order valence-corrected chi connectivity index (χ3v) is 5.21. The minimum atomic E-state index is 0.521. The van der Waals surface area contributed by atoms with Gasteiger partial charge < -0.3 is 4.74 Å². The summed E-state index contributed by atoms with van der Waals surface area (Å²) in [6, 6.07) is 6.74. The van der Waals surface area contributed by atoms with Crippen LogP contribution < -0.4 is 4.74 Å². The van der Waals surface area contributed by atoms with E-state index in [-0.39, 0.29) is 0 Å². The van der Waals surface area contributed by atoms with Gasteiger partial charge in [-0.15, -0.1) is 0 Å². The number of alkyl halides is 1. The number of rotatable bonds is 3. The smallest absolute Gasteiger partial charge is 0.122 e. The van der Waals surface area contributed by atoms with E-state index in [1.807, 2.05) is 0 Å². The van der Waals surface area contributed by atoms with Gasteiger partial charge in [0.05, 0.1) is 6.61 Å². The van der Waals surface area contributed by atoms with Gasteiger partial charge in [0.1, 0.15) is 5.75 Å². The molecule has 1 nitrogen and oxygen atoms in total. The van der Waals surface area contributed by atoms with Gasteiger partial charge in [-0.05, 0) is 42.4 Å².